The molecule has 20 heavy (non-hydrogen) atoms. The lowest BCUT2D eigenvalue weighted by molar-refractivity contribution is -0.140. The van der Waals surface area contributed by atoms with Crippen LogP contribution in [0.5, 0.6) is 0 Å². The summed E-state index contributed by atoms with van der Waals surface area (Å²) in [4.78, 5) is 11.1. The number of carbonyl (C=O) groups excluding carboxylic acids is 1. The van der Waals surface area contributed by atoms with Gasteiger partial charge < -0.3 is 4.74 Å². The van der Waals surface area contributed by atoms with E-state index in [1.807, 2.05) is 0 Å². The van der Waals surface area contributed by atoms with Gasteiger partial charge in [0.25, 0.3) is 10.2 Å². The van der Waals surface area contributed by atoms with Crippen molar-refractivity contribution in [2.24, 2.45) is 5.41 Å². The summed E-state index contributed by atoms with van der Waals surface area (Å²) in [6, 6.07) is -0.0238. The SMILES string of the molecule is COC(=O)CCN(C)S(=O)(=O)NC1CCCC(C)(C)C1. The van der Waals surface area contributed by atoms with Crippen molar-refractivity contribution in [3.05, 3.63) is 0 Å². The highest BCUT2D eigenvalue weighted by Gasteiger charge is 2.31. The first-order valence-electron chi connectivity index (χ1n) is 6.97. The van der Waals surface area contributed by atoms with Crippen LogP contribution in [0.1, 0.15) is 46.0 Å². The van der Waals surface area contributed by atoms with Crippen molar-refractivity contribution >= 4 is 16.2 Å². The molecule has 0 aliphatic heterocycles. The van der Waals surface area contributed by atoms with Gasteiger partial charge in [-0.15, -0.1) is 0 Å². The molecule has 0 aromatic carbocycles. The Morgan fingerprint density at radius 1 is 1.45 bits per heavy atom. The molecule has 0 radical (unpaired) electrons. The number of esters is 1. The third kappa shape index (κ3) is 5.38. The second-order valence-electron chi connectivity index (χ2n) is 6.23. The maximum Gasteiger partial charge on any atom is 0.306 e. The molecule has 0 saturated heterocycles. The minimum absolute atomic E-state index is 0.0238. The van der Waals surface area contributed by atoms with E-state index in [0.717, 1.165) is 25.7 Å². The Kier molecular flexibility index (Phi) is 5.97. The summed E-state index contributed by atoms with van der Waals surface area (Å²) in [6.07, 6.45) is 3.93. The molecule has 0 heterocycles. The van der Waals surface area contributed by atoms with Gasteiger partial charge in [0.2, 0.25) is 0 Å². The molecule has 0 aromatic heterocycles. The summed E-state index contributed by atoms with van der Waals surface area (Å²) in [5.41, 5.74) is 0.177. The Morgan fingerprint density at radius 2 is 2.10 bits per heavy atom. The fourth-order valence-electron chi connectivity index (χ4n) is 2.57. The van der Waals surface area contributed by atoms with Crippen LogP contribution in [0.2, 0.25) is 0 Å². The van der Waals surface area contributed by atoms with E-state index in [9.17, 15) is 13.2 Å². The lowest BCUT2D eigenvalue weighted by atomic mass is 9.75. The average molecular weight is 306 g/mol. The molecule has 0 aromatic rings. The largest absolute Gasteiger partial charge is 0.469 e. The van der Waals surface area contributed by atoms with Gasteiger partial charge in [-0.2, -0.15) is 17.4 Å². The van der Waals surface area contributed by atoms with Gasteiger partial charge in [-0.1, -0.05) is 20.3 Å². The van der Waals surface area contributed by atoms with E-state index in [1.165, 1.54) is 18.5 Å². The molecule has 0 spiro atoms. The molecule has 1 saturated carbocycles. The van der Waals surface area contributed by atoms with Crippen molar-refractivity contribution in [1.29, 1.82) is 0 Å². The van der Waals surface area contributed by atoms with E-state index < -0.39 is 16.2 Å². The van der Waals surface area contributed by atoms with Crippen LogP contribution in [-0.2, 0) is 19.7 Å². The number of ether oxygens (including phenoxy) is 1. The van der Waals surface area contributed by atoms with Gasteiger partial charge in [-0.25, -0.2) is 0 Å². The third-order valence-corrected chi connectivity index (χ3v) is 5.42. The van der Waals surface area contributed by atoms with Crippen molar-refractivity contribution in [1.82, 2.24) is 9.03 Å². The van der Waals surface area contributed by atoms with Crippen molar-refractivity contribution < 1.29 is 17.9 Å². The quantitative estimate of drug-likeness (QED) is 0.750. The van der Waals surface area contributed by atoms with E-state index in [4.69, 9.17) is 0 Å². The van der Waals surface area contributed by atoms with Gasteiger partial charge in [0.05, 0.1) is 13.5 Å². The lowest BCUT2D eigenvalue weighted by Gasteiger charge is -2.36. The molecule has 6 nitrogen and oxygen atoms in total. The van der Waals surface area contributed by atoms with Crippen LogP contribution >= 0.6 is 0 Å². The van der Waals surface area contributed by atoms with Gasteiger partial charge in [0, 0.05) is 19.6 Å². The number of nitrogens with zero attached hydrogens (tertiary/aromatic N) is 1. The molecule has 0 amide bonds. The lowest BCUT2D eigenvalue weighted by Crippen LogP contribution is -2.47. The first kappa shape index (κ1) is 17.4. The van der Waals surface area contributed by atoms with E-state index in [2.05, 4.69) is 23.3 Å². The number of hydrogen-bond acceptors (Lipinski definition) is 4. The predicted molar refractivity (Wildman–Crippen MR) is 77.4 cm³/mol. The standard InChI is InChI=1S/C13H26N2O4S/c1-13(2)8-5-6-11(10-13)14-20(17,18)15(3)9-7-12(16)19-4/h11,14H,5-10H2,1-4H3. The summed E-state index contributed by atoms with van der Waals surface area (Å²) in [6.45, 7) is 4.45. The van der Waals surface area contributed by atoms with Crippen molar-refractivity contribution in [2.45, 2.75) is 52.0 Å². The van der Waals surface area contributed by atoms with E-state index in [0.29, 0.717) is 0 Å². The number of carbonyl (C=O) groups is 1. The van der Waals surface area contributed by atoms with Crippen molar-refractivity contribution in [3.63, 3.8) is 0 Å². The highest BCUT2D eigenvalue weighted by atomic mass is 32.2. The Hall–Kier alpha value is -0.660. The fourth-order valence-corrected chi connectivity index (χ4v) is 3.70. The monoisotopic (exact) mass is 306 g/mol. The third-order valence-electron chi connectivity index (χ3n) is 3.79. The zero-order valence-electron chi connectivity index (χ0n) is 12.8. The molecule has 7 heteroatoms. The Balaban J connectivity index is 2.53. The maximum absolute atomic E-state index is 12.2. The molecular formula is C13H26N2O4S. The smallest absolute Gasteiger partial charge is 0.306 e. The molecule has 1 unspecified atom stereocenters. The number of rotatable bonds is 6. The topological polar surface area (TPSA) is 75.7 Å². The maximum atomic E-state index is 12.2. The number of methoxy groups -OCH3 is 1. The summed E-state index contributed by atoms with van der Waals surface area (Å²) < 4.78 is 32.8. The van der Waals surface area contributed by atoms with Crippen molar-refractivity contribution in [3.8, 4) is 0 Å². The second kappa shape index (κ2) is 6.87. The summed E-state index contributed by atoms with van der Waals surface area (Å²) >= 11 is 0. The zero-order chi connectivity index (χ0) is 15.4. The van der Waals surface area contributed by atoms with Crippen LogP contribution in [0.25, 0.3) is 0 Å². The fraction of sp³-hybridized carbons (Fsp3) is 0.923. The Bertz CT molecular complexity index is 434. The van der Waals surface area contributed by atoms with E-state index in [-0.39, 0.29) is 24.4 Å². The minimum Gasteiger partial charge on any atom is -0.469 e. The summed E-state index contributed by atoms with van der Waals surface area (Å²) in [5, 5.41) is 0. The van der Waals surface area contributed by atoms with Gasteiger partial charge in [0.15, 0.2) is 0 Å². The Morgan fingerprint density at radius 3 is 2.65 bits per heavy atom. The van der Waals surface area contributed by atoms with Gasteiger partial charge in [-0.3, -0.25) is 4.79 Å². The van der Waals surface area contributed by atoms with Crippen molar-refractivity contribution in [2.75, 3.05) is 20.7 Å². The summed E-state index contributed by atoms with van der Waals surface area (Å²) in [7, 11) is -0.776. The molecule has 0 bridgehead atoms. The average Bonchev–Trinajstić information content (AvgIpc) is 2.33. The van der Waals surface area contributed by atoms with Gasteiger partial charge >= 0.3 is 5.97 Å². The molecule has 1 fully saturated rings. The first-order chi connectivity index (χ1) is 9.16. The minimum atomic E-state index is -3.54. The molecule has 1 atom stereocenters. The molecule has 1 aliphatic rings. The number of hydrogen-bond donors (Lipinski definition) is 1. The highest BCUT2D eigenvalue weighted by Crippen LogP contribution is 2.35. The Labute approximate surface area is 122 Å². The van der Waals surface area contributed by atoms with Crippen LogP contribution in [0.3, 0.4) is 0 Å². The second-order valence-corrected chi connectivity index (χ2v) is 8.04. The molecule has 1 aliphatic carbocycles. The van der Waals surface area contributed by atoms with Crippen LogP contribution < -0.4 is 4.72 Å². The summed E-state index contributed by atoms with van der Waals surface area (Å²) in [5.74, 6) is -0.411. The van der Waals surface area contributed by atoms with Gasteiger partial charge in [-0.05, 0) is 24.7 Å². The first-order valence-corrected chi connectivity index (χ1v) is 8.41. The molecular weight excluding hydrogens is 280 g/mol. The van der Waals surface area contributed by atoms with Gasteiger partial charge in [0.1, 0.15) is 0 Å². The molecule has 1 N–H and O–H groups in total. The zero-order valence-corrected chi connectivity index (χ0v) is 13.6. The predicted octanol–water partition coefficient (Wildman–Crippen LogP) is 1.28. The van der Waals surface area contributed by atoms with E-state index >= 15 is 0 Å². The van der Waals surface area contributed by atoms with Crippen LogP contribution in [0.15, 0.2) is 0 Å². The van der Waals surface area contributed by atoms with Crippen LogP contribution in [-0.4, -0.2) is 45.4 Å². The normalized spacial score (nSPS) is 22.8. The molecule has 118 valence electrons. The molecule has 1 rings (SSSR count). The van der Waals surface area contributed by atoms with Crippen LogP contribution in [0.4, 0.5) is 0 Å². The number of nitrogens with one attached hydrogen (secondary N) is 1. The van der Waals surface area contributed by atoms with Crippen LogP contribution in [0, 0.1) is 5.41 Å². The highest BCUT2D eigenvalue weighted by molar-refractivity contribution is 7.87. The van der Waals surface area contributed by atoms with E-state index in [1.54, 1.807) is 0 Å².